The number of amides is 1. The second-order valence-corrected chi connectivity index (χ2v) is 7.25. The molecule has 23 heavy (non-hydrogen) atoms. The molecule has 2 rings (SSSR count). The third kappa shape index (κ3) is 5.35. The molecule has 0 unspecified atom stereocenters. The van der Waals surface area contributed by atoms with Crippen LogP contribution in [-0.2, 0) is 21.4 Å². The smallest absolute Gasteiger partial charge is 0.241 e. The number of sulfonamides is 1. The van der Waals surface area contributed by atoms with Gasteiger partial charge in [-0.3, -0.25) is 4.79 Å². The number of benzene rings is 2. The highest BCUT2D eigenvalue weighted by atomic mass is 35.5. The lowest BCUT2D eigenvalue weighted by Gasteiger charge is -2.08. The molecule has 0 radical (unpaired) electrons. The summed E-state index contributed by atoms with van der Waals surface area (Å²) in [6.45, 7) is 1.80. The minimum absolute atomic E-state index is 0.142. The van der Waals surface area contributed by atoms with Crippen LogP contribution in [0, 0.1) is 6.92 Å². The molecule has 0 heterocycles. The molecule has 0 bridgehead atoms. The standard InChI is InChI=1S/C16H17ClN2O3S/c1-12-3-2-4-15(9-12)23(21,22)19-11-16(20)18-10-13-5-7-14(17)8-6-13/h2-9,19H,10-11H2,1H3,(H,18,20). The third-order valence-electron chi connectivity index (χ3n) is 3.13. The number of hydrogen-bond donors (Lipinski definition) is 2. The number of carbonyl (C=O) groups is 1. The molecule has 0 aromatic heterocycles. The van der Waals surface area contributed by atoms with E-state index < -0.39 is 15.9 Å². The zero-order valence-corrected chi connectivity index (χ0v) is 14.1. The lowest BCUT2D eigenvalue weighted by molar-refractivity contribution is -0.120. The highest BCUT2D eigenvalue weighted by Crippen LogP contribution is 2.10. The van der Waals surface area contributed by atoms with Crippen molar-refractivity contribution >= 4 is 27.5 Å². The normalized spacial score (nSPS) is 11.2. The molecule has 2 aromatic rings. The maximum Gasteiger partial charge on any atom is 0.241 e. The van der Waals surface area contributed by atoms with Crippen LogP contribution >= 0.6 is 11.6 Å². The summed E-state index contributed by atoms with van der Waals surface area (Å²) in [5.74, 6) is -0.406. The van der Waals surface area contributed by atoms with Crippen molar-refractivity contribution in [1.82, 2.24) is 10.0 Å². The molecule has 2 N–H and O–H groups in total. The van der Waals surface area contributed by atoms with Gasteiger partial charge < -0.3 is 5.32 Å². The van der Waals surface area contributed by atoms with Crippen LogP contribution in [0.25, 0.3) is 0 Å². The lowest BCUT2D eigenvalue weighted by Crippen LogP contribution is -2.36. The topological polar surface area (TPSA) is 75.3 Å². The maximum atomic E-state index is 12.1. The van der Waals surface area contributed by atoms with Crippen molar-refractivity contribution in [3.05, 3.63) is 64.7 Å². The molecule has 7 heteroatoms. The van der Waals surface area contributed by atoms with Crippen LogP contribution in [0.2, 0.25) is 5.02 Å². The lowest BCUT2D eigenvalue weighted by atomic mass is 10.2. The molecule has 2 aromatic carbocycles. The fraction of sp³-hybridized carbons (Fsp3) is 0.188. The monoisotopic (exact) mass is 352 g/mol. The number of aryl methyl sites for hydroxylation is 1. The SMILES string of the molecule is Cc1cccc(S(=O)(=O)NCC(=O)NCc2ccc(Cl)cc2)c1. The quantitative estimate of drug-likeness (QED) is 0.837. The van der Waals surface area contributed by atoms with E-state index in [1.54, 1.807) is 49.4 Å². The van der Waals surface area contributed by atoms with Crippen LogP contribution in [0.5, 0.6) is 0 Å². The molecular weight excluding hydrogens is 336 g/mol. The fourth-order valence-corrected chi connectivity index (χ4v) is 3.10. The van der Waals surface area contributed by atoms with Crippen molar-refractivity contribution in [3.63, 3.8) is 0 Å². The Morgan fingerprint density at radius 3 is 2.48 bits per heavy atom. The highest BCUT2D eigenvalue weighted by Gasteiger charge is 2.15. The molecule has 0 atom stereocenters. The van der Waals surface area contributed by atoms with E-state index in [0.29, 0.717) is 11.6 Å². The summed E-state index contributed by atoms with van der Waals surface area (Å²) in [7, 11) is -3.69. The molecule has 0 fully saturated rings. The van der Waals surface area contributed by atoms with Gasteiger partial charge in [-0.05, 0) is 42.3 Å². The predicted octanol–water partition coefficient (Wildman–Crippen LogP) is 2.24. The first-order valence-corrected chi connectivity index (χ1v) is 8.80. The number of hydrogen-bond acceptors (Lipinski definition) is 3. The molecular formula is C16H17ClN2O3S. The summed E-state index contributed by atoms with van der Waals surface area (Å²) in [6.07, 6.45) is 0. The fourth-order valence-electron chi connectivity index (χ4n) is 1.89. The van der Waals surface area contributed by atoms with Gasteiger partial charge in [-0.15, -0.1) is 0 Å². The first-order chi connectivity index (χ1) is 10.9. The Hall–Kier alpha value is -1.89. The third-order valence-corrected chi connectivity index (χ3v) is 4.78. The van der Waals surface area contributed by atoms with Gasteiger partial charge in [-0.2, -0.15) is 0 Å². The van der Waals surface area contributed by atoms with Crippen LogP contribution < -0.4 is 10.0 Å². The van der Waals surface area contributed by atoms with Gasteiger partial charge in [0, 0.05) is 11.6 Å². The second kappa shape index (κ2) is 7.59. The molecule has 5 nitrogen and oxygen atoms in total. The number of halogens is 1. The van der Waals surface area contributed by atoms with Gasteiger partial charge in [0.1, 0.15) is 0 Å². The van der Waals surface area contributed by atoms with E-state index in [1.165, 1.54) is 6.07 Å². The summed E-state index contributed by atoms with van der Waals surface area (Å²) in [5, 5.41) is 3.26. The van der Waals surface area contributed by atoms with E-state index in [1.807, 2.05) is 0 Å². The maximum absolute atomic E-state index is 12.1. The van der Waals surface area contributed by atoms with Crippen LogP contribution in [-0.4, -0.2) is 20.9 Å². The Labute approximate surface area is 140 Å². The summed E-state index contributed by atoms with van der Waals surface area (Å²) < 4.78 is 26.5. The van der Waals surface area contributed by atoms with E-state index >= 15 is 0 Å². The Kier molecular flexibility index (Phi) is 5.76. The van der Waals surface area contributed by atoms with Crippen molar-refractivity contribution in [2.45, 2.75) is 18.4 Å². The summed E-state index contributed by atoms with van der Waals surface area (Å²) >= 11 is 5.78. The average Bonchev–Trinajstić information content (AvgIpc) is 2.52. The first-order valence-electron chi connectivity index (χ1n) is 6.94. The van der Waals surface area contributed by atoms with Crippen molar-refractivity contribution in [3.8, 4) is 0 Å². The molecule has 0 aliphatic carbocycles. The Balaban J connectivity index is 1.87. The van der Waals surface area contributed by atoms with Crippen LogP contribution in [0.15, 0.2) is 53.4 Å². The van der Waals surface area contributed by atoms with Gasteiger partial charge in [0.25, 0.3) is 0 Å². The summed E-state index contributed by atoms with van der Waals surface area (Å²) in [4.78, 5) is 11.9. The van der Waals surface area contributed by atoms with Crippen LogP contribution in [0.4, 0.5) is 0 Å². The molecule has 1 amide bonds. The van der Waals surface area contributed by atoms with E-state index in [2.05, 4.69) is 10.0 Å². The molecule has 0 aliphatic heterocycles. The van der Waals surface area contributed by atoms with Gasteiger partial charge in [0.15, 0.2) is 0 Å². The van der Waals surface area contributed by atoms with Gasteiger partial charge in [-0.1, -0.05) is 35.9 Å². The molecule has 0 saturated heterocycles. The van der Waals surface area contributed by atoms with Crippen LogP contribution in [0.3, 0.4) is 0 Å². The molecule has 122 valence electrons. The average molecular weight is 353 g/mol. The van der Waals surface area contributed by atoms with Gasteiger partial charge in [0.05, 0.1) is 11.4 Å². The van der Waals surface area contributed by atoms with Gasteiger partial charge in [-0.25, -0.2) is 13.1 Å². The Morgan fingerprint density at radius 2 is 1.83 bits per heavy atom. The van der Waals surface area contributed by atoms with Crippen LogP contribution in [0.1, 0.15) is 11.1 Å². The van der Waals surface area contributed by atoms with Crippen molar-refractivity contribution in [2.75, 3.05) is 6.54 Å². The zero-order valence-electron chi connectivity index (χ0n) is 12.5. The second-order valence-electron chi connectivity index (χ2n) is 5.04. The predicted molar refractivity (Wildman–Crippen MR) is 89.7 cm³/mol. The number of rotatable bonds is 6. The minimum atomic E-state index is -3.69. The van der Waals surface area contributed by atoms with Crippen molar-refractivity contribution in [1.29, 1.82) is 0 Å². The largest absolute Gasteiger partial charge is 0.351 e. The Morgan fingerprint density at radius 1 is 1.13 bits per heavy atom. The molecule has 0 saturated carbocycles. The van der Waals surface area contributed by atoms with Gasteiger partial charge >= 0.3 is 0 Å². The summed E-state index contributed by atoms with van der Waals surface area (Å²) in [6, 6.07) is 13.5. The number of nitrogens with one attached hydrogen (secondary N) is 2. The molecule has 0 aliphatic rings. The van der Waals surface area contributed by atoms with E-state index in [0.717, 1.165) is 11.1 Å². The molecule has 0 spiro atoms. The van der Waals surface area contributed by atoms with Crippen molar-refractivity contribution < 1.29 is 13.2 Å². The minimum Gasteiger partial charge on any atom is -0.351 e. The first kappa shape index (κ1) is 17.5. The number of carbonyl (C=O) groups excluding carboxylic acids is 1. The zero-order chi connectivity index (χ0) is 16.9. The Bertz CT molecular complexity index is 789. The highest BCUT2D eigenvalue weighted by molar-refractivity contribution is 7.89. The van der Waals surface area contributed by atoms with Crippen molar-refractivity contribution in [2.24, 2.45) is 0 Å². The van der Waals surface area contributed by atoms with E-state index in [9.17, 15) is 13.2 Å². The van der Waals surface area contributed by atoms with E-state index in [-0.39, 0.29) is 11.4 Å². The van der Waals surface area contributed by atoms with Gasteiger partial charge in [0.2, 0.25) is 15.9 Å². The van der Waals surface area contributed by atoms with E-state index in [4.69, 9.17) is 11.6 Å². The summed E-state index contributed by atoms with van der Waals surface area (Å²) in [5.41, 5.74) is 1.71.